The molecule has 1 N–H and O–H groups in total. The summed E-state index contributed by atoms with van der Waals surface area (Å²) >= 11 is 1.56. The summed E-state index contributed by atoms with van der Waals surface area (Å²) in [6.07, 6.45) is 1.55. The number of ether oxygens (including phenoxy) is 1. The minimum atomic E-state index is -0.402. The van der Waals surface area contributed by atoms with Gasteiger partial charge in [0.15, 0.2) is 0 Å². The van der Waals surface area contributed by atoms with E-state index in [1.54, 1.807) is 21.1 Å². The molecule has 29 heavy (non-hydrogen) atoms. The maximum Gasteiger partial charge on any atom is 0.414 e. The van der Waals surface area contributed by atoms with E-state index in [2.05, 4.69) is 5.32 Å². The number of hydrogen-bond donors (Lipinski definition) is 1. The molecule has 0 saturated carbocycles. The minimum absolute atomic E-state index is 0.00644. The number of amides is 3. The molecule has 4 rings (SSSR count). The predicted octanol–water partition coefficient (Wildman–Crippen LogP) is 2.55. The largest absolute Gasteiger partial charge is 0.447 e. The van der Waals surface area contributed by atoms with E-state index in [4.69, 9.17) is 4.74 Å². The molecule has 8 heteroatoms. The number of nitrogens with one attached hydrogen (secondary N) is 1. The fourth-order valence-corrected chi connectivity index (χ4v) is 4.43. The molecule has 1 aromatic heterocycles. The van der Waals surface area contributed by atoms with E-state index in [-0.39, 0.29) is 17.9 Å². The number of thiophene rings is 1. The van der Waals surface area contributed by atoms with Crippen LogP contribution in [0.5, 0.6) is 0 Å². The van der Waals surface area contributed by atoms with Gasteiger partial charge < -0.3 is 15.0 Å². The second kappa shape index (κ2) is 8.65. The van der Waals surface area contributed by atoms with Crippen molar-refractivity contribution in [3.05, 3.63) is 52.2 Å². The first-order chi connectivity index (χ1) is 14.1. The first-order valence-electron chi connectivity index (χ1n) is 9.74. The molecular formula is C21H23N3O4S. The highest BCUT2D eigenvalue weighted by Crippen LogP contribution is 2.21. The average molecular weight is 413 g/mol. The summed E-state index contributed by atoms with van der Waals surface area (Å²) in [6, 6.07) is 10.9. The van der Waals surface area contributed by atoms with Crippen LogP contribution in [-0.2, 0) is 27.3 Å². The molecule has 2 saturated heterocycles. The van der Waals surface area contributed by atoms with Crippen molar-refractivity contribution in [2.75, 3.05) is 24.6 Å². The summed E-state index contributed by atoms with van der Waals surface area (Å²) in [5, 5.41) is 4.90. The molecular weight excluding hydrogens is 390 g/mol. The Morgan fingerprint density at radius 3 is 2.69 bits per heavy atom. The maximum atomic E-state index is 12.7. The van der Waals surface area contributed by atoms with Crippen LogP contribution >= 0.6 is 11.3 Å². The minimum Gasteiger partial charge on any atom is -0.447 e. The second-order valence-electron chi connectivity index (χ2n) is 7.15. The van der Waals surface area contributed by atoms with Crippen LogP contribution in [0.2, 0.25) is 0 Å². The van der Waals surface area contributed by atoms with Gasteiger partial charge in [-0.25, -0.2) is 4.79 Å². The molecule has 2 aliphatic heterocycles. The molecule has 0 bridgehead atoms. The maximum absolute atomic E-state index is 12.7. The number of anilines is 1. The molecule has 2 aromatic rings. The van der Waals surface area contributed by atoms with Crippen molar-refractivity contribution in [2.45, 2.75) is 31.8 Å². The Balaban J connectivity index is 1.31. The van der Waals surface area contributed by atoms with Gasteiger partial charge in [-0.15, -0.1) is 11.3 Å². The quantitative estimate of drug-likeness (QED) is 0.789. The molecule has 2 aliphatic rings. The standard InChI is InChI=1S/C21H23N3O4S/c25-19(13-17-3-2-12-29-17)24-9-1-4-18(24)20(26)22-14-15-5-7-16(8-6-15)23-10-11-28-21(23)27/h2-3,5-8,12,18H,1,4,9-11,13-14H2,(H,22,26)/t18-/m0/s1. The Bertz CT molecular complexity index is 882. The third-order valence-electron chi connectivity index (χ3n) is 5.26. The van der Waals surface area contributed by atoms with E-state index in [9.17, 15) is 14.4 Å². The van der Waals surface area contributed by atoms with Gasteiger partial charge in [0.05, 0.1) is 13.0 Å². The number of nitrogens with zero attached hydrogens (tertiary/aromatic N) is 2. The van der Waals surface area contributed by atoms with Crippen LogP contribution in [-0.4, -0.2) is 48.5 Å². The van der Waals surface area contributed by atoms with Gasteiger partial charge in [-0.1, -0.05) is 18.2 Å². The van der Waals surface area contributed by atoms with Crippen LogP contribution in [0.25, 0.3) is 0 Å². The molecule has 1 aromatic carbocycles. The molecule has 3 amide bonds. The number of carbonyl (C=O) groups excluding carboxylic acids is 3. The summed E-state index contributed by atoms with van der Waals surface area (Å²) in [4.78, 5) is 41.2. The first kappa shape index (κ1) is 19.4. The molecule has 2 fully saturated rings. The Kier molecular flexibility index (Phi) is 5.80. The van der Waals surface area contributed by atoms with Gasteiger partial charge in [0.1, 0.15) is 12.6 Å². The Morgan fingerprint density at radius 1 is 1.17 bits per heavy atom. The van der Waals surface area contributed by atoms with E-state index >= 15 is 0 Å². The summed E-state index contributed by atoms with van der Waals surface area (Å²) in [5.41, 5.74) is 1.72. The summed E-state index contributed by atoms with van der Waals surface area (Å²) in [6.45, 7) is 1.96. The molecule has 152 valence electrons. The lowest BCUT2D eigenvalue weighted by Crippen LogP contribution is -2.46. The van der Waals surface area contributed by atoms with E-state index in [0.29, 0.717) is 39.1 Å². The zero-order valence-corrected chi connectivity index (χ0v) is 16.8. The van der Waals surface area contributed by atoms with Crippen LogP contribution in [0.1, 0.15) is 23.3 Å². The predicted molar refractivity (Wildman–Crippen MR) is 110 cm³/mol. The Hall–Kier alpha value is -2.87. The van der Waals surface area contributed by atoms with Crippen molar-refractivity contribution < 1.29 is 19.1 Å². The molecule has 3 heterocycles. The summed E-state index contributed by atoms with van der Waals surface area (Å²) in [5.74, 6) is -0.110. The molecule has 0 aliphatic carbocycles. The summed E-state index contributed by atoms with van der Waals surface area (Å²) < 4.78 is 4.95. The van der Waals surface area contributed by atoms with Crippen LogP contribution in [0.15, 0.2) is 41.8 Å². The van der Waals surface area contributed by atoms with Crippen molar-refractivity contribution in [3.63, 3.8) is 0 Å². The van der Waals surface area contributed by atoms with Gasteiger partial charge in [-0.2, -0.15) is 0 Å². The average Bonchev–Trinajstić information content (AvgIpc) is 3.48. The van der Waals surface area contributed by atoms with Crippen molar-refractivity contribution >= 4 is 34.9 Å². The lowest BCUT2D eigenvalue weighted by Gasteiger charge is -2.24. The van der Waals surface area contributed by atoms with Gasteiger partial charge in [-0.3, -0.25) is 14.5 Å². The number of benzene rings is 1. The van der Waals surface area contributed by atoms with E-state index in [0.717, 1.165) is 22.5 Å². The smallest absolute Gasteiger partial charge is 0.414 e. The monoisotopic (exact) mass is 413 g/mol. The number of likely N-dealkylation sites (tertiary alicyclic amines) is 1. The van der Waals surface area contributed by atoms with Gasteiger partial charge in [-0.05, 0) is 42.0 Å². The number of hydrogen-bond acceptors (Lipinski definition) is 5. The van der Waals surface area contributed by atoms with Gasteiger partial charge in [0, 0.05) is 23.7 Å². The second-order valence-corrected chi connectivity index (χ2v) is 8.18. The number of rotatable bonds is 6. The van der Waals surface area contributed by atoms with Crippen LogP contribution in [0, 0.1) is 0 Å². The normalized spacial score (nSPS) is 18.8. The third kappa shape index (κ3) is 4.42. The molecule has 0 radical (unpaired) electrons. The fraction of sp³-hybridized carbons (Fsp3) is 0.381. The number of cyclic esters (lactones) is 1. The molecule has 7 nitrogen and oxygen atoms in total. The van der Waals surface area contributed by atoms with Gasteiger partial charge >= 0.3 is 6.09 Å². The van der Waals surface area contributed by atoms with Gasteiger partial charge in [0.2, 0.25) is 11.8 Å². The molecule has 0 spiro atoms. The third-order valence-corrected chi connectivity index (χ3v) is 6.13. The molecule has 1 atom stereocenters. The highest BCUT2D eigenvalue weighted by molar-refractivity contribution is 7.10. The Labute approximate surface area is 173 Å². The Morgan fingerprint density at radius 2 is 2.00 bits per heavy atom. The van der Waals surface area contributed by atoms with Crippen LogP contribution in [0.4, 0.5) is 10.5 Å². The zero-order valence-electron chi connectivity index (χ0n) is 16.0. The highest BCUT2D eigenvalue weighted by Gasteiger charge is 2.33. The van der Waals surface area contributed by atoms with Crippen molar-refractivity contribution in [1.29, 1.82) is 0 Å². The highest BCUT2D eigenvalue weighted by atomic mass is 32.1. The van der Waals surface area contributed by atoms with E-state index in [1.807, 2.05) is 41.8 Å². The topological polar surface area (TPSA) is 79.0 Å². The fourth-order valence-electron chi connectivity index (χ4n) is 3.73. The lowest BCUT2D eigenvalue weighted by molar-refractivity contribution is -0.138. The summed E-state index contributed by atoms with van der Waals surface area (Å²) in [7, 11) is 0. The zero-order chi connectivity index (χ0) is 20.2. The van der Waals surface area contributed by atoms with E-state index in [1.165, 1.54) is 0 Å². The lowest BCUT2D eigenvalue weighted by atomic mass is 10.1. The van der Waals surface area contributed by atoms with Gasteiger partial charge in [0.25, 0.3) is 0 Å². The van der Waals surface area contributed by atoms with E-state index < -0.39 is 6.04 Å². The number of carbonyl (C=O) groups is 3. The van der Waals surface area contributed by atoms with Crippen molar-refractivity contribution in [1.82, 2.24) is 10.2 Å². The van der Waals surface area contributed by atoms with Crippen molar-refractivity contribution in [3.8, 4) is 0 Å². The molecule has 0 unspecified atom stereocenters. The first-order valence-corrected chi connectivity index (χ1v) is 10.6. The van der Waals surface area contributed by atoms with Crippen molar-refractivity contribution in [2.24, 2.45) is 0 Å². The van der Waals surface area contributed by atoms with Crippen LogP contribution < -0.4 is 10.2 Å². The van der Waals surface area contributed by atoms with Crippen LogP contribution in [0.3, 0.4) is 0 Å². The SMILES string of the molecule is O=C(NCc1ccc(N2CCOC2=O)cc1)[C@@H]1CCCN1C(=O)Cc1cccs1.